The van der Waals surface area contributed by atoms with Crippen molar-refractivity contribution in [1.82, 2.24) is 24.3 Å². The molecule has 3 heterocycles. The van der Waals surface area contributed by atoms with E-state index in [0.29, 0.717) is 21.8 Å². The largest absolute Gasteiger partial charge is 0.335 e. The molecule has 4 aromatic rings. The van der Waals surface area contributed by atoms with E-state index in [1.54, 1.807) is 0 Å². The summed E-state index contributed by atoms with van der Waals surface area (Å²) in [5, 5.41) is 9.66. The number of nitrogens with zero attached hydrogens (tertiary/aromatic N) is 5. The fraction of sp³-hybridized carbons (Fsp3) is 0.0625. The molecule has 0 fully saturated rings. The molecule has 8 heteroatoms. The van der Waals surface area contributed by atoms with E-state index in [1.807, 2.05) is 59.3 Å². The van der Waals surface area contributed by atoms with E-state index in [-0.39, 0.29) is 0 Å². The van der Waals surface area contributed by atoms with Crippen molar-refractivity contribution in [2.24, 2.45) is 0 Å². The third-order valence-corrected chi connectivity index (χ3v) is 4.71. The minimum absolute atomic E-state index is 0.639. The van der Waals surface area contributed by atoms with Crippen LogP contribution in [0.15, 0.2) is 60.0 Å². The lowest BCUT2D eigenvalue weighted by Crippen LogP contribution is -2.11. The maximum Gasteiger partial charge on any atom is 0.210 e. The molecule has 24 heavy (non-hydrogen) atoms. The summed E-state index contributed by atoms with van der Waals surface area (Å²) in [5.41, 5.74) is 2.71. The highest BCUT2D eigenvalue weighted by Gasteiger charge is 2.12. The van der Waals surface area contributed by atoms with Gasteiger partial charge < -0.3 is 10.2 Å². The Morgan fingerprint density at radius 1 is 1.04 bits per heavy atom. The molecule has 0 aliphatic carbocycles. The highest BCUT2D eigenvalue weighted by molar-refractivity contribution is 7.98. The van der Waals surface area contributed by atoms with Gasteiger partial charge in [0.1, 0.15) is 5.65 Å². The molecule has 0 saturated carbocycles. The van der Waals surface area contributed by atoms with Gasteiger partial charge in [0, 0.05) is 23.7 Å². The number of nitrogen functional groups attached to an aromatic ring is 1. The van der Waals surface area contributed by atoms with Crippen LogP contribution in [-0.4, -0.2) is 24.3 Å². The van der Waals surface area contributed by atoms with Crippen molar-refractivity contribution in [3.8, 4) is 11.4 Å². The first-order chi connectivity index (χ1) is 11.7. The summed E-state index contributed by atoms with van der Waals surface area (Å²) in [6.45, 7) is 0. The quantitative estimate of drug-likeness (QED) is 0.449. The number of nitrogens with two attached hydrogens (primary N) is 1. The van der Waals surface area contributed by atoms with Crippen molar-refractivity contribution in [3.63, 3.8) is 0 Å². The molecule has 0 atom stereocenters. The molecule has 0 aliphatic rings. The van der Waals surface area contributed by atoms with Gasteiger partial charge in [-0.2, -0.15) is 0 Å². The number of fused-ring (bicyclic) bond motifs is 1. The number of thioether (sulfide) groups is 1. The van der Waals surface area contributed by atoms with Crippen molar-refractivity contribution in [3.05, 3.63) is 65.6 Å². The van der Waals surface area contributed by atoms with Crippen LogP contribution < -0.4 is 5.84 Å². The topological polar surface area (TPSA) is 74.0 Å². The monoisotopic (exact) mass is 356 g/mol. The van der Waals surface area contributed by atoms with E-state index < -0.39 is 0 Å². The van der Waals surface area contributed by atoms with Crippen molar-refractivity contribution in [2.45, 2.75) is 10.9 Å². The van der Waals surface area contributed by atoms with Gasteiger partial charge in [0.25, 0.3) is 0 Å². The van der Waals surface area contributed by atoms with Crippen LogP contribution in [0, 0.1) is 0 Å². The Hall–Kier alpha value is -2.51. The van der Waals surface area contributed by atoms with E-state index >= 15 is 0 Å². The van der Waals surface area contributed by atoms with Crippen LogP contribution in [0.2, 0.25) is 5.02 Å². The van der Waals surface area contributed by atoms with Crippen LogP contribution in [0.1, 0.15) is 5.69 Å². The summed E-state index contributed by atoms with van der Waals surface area (Å²) < 4.78 is 3.41. The van der Waals surface area contributed by atoms with Crippen molar-refractivity contribution in [2.75, 3.05) is 5.84 Å². The zero-order valence-corrected chi connectivity index (χ0v) is 14.1. The van der Waals surface area contributed by atoms with Gasteiger partial charge in [-0.1, -0.05) is 53.7 Å². The van der Waals surface area contributed by atoms with Crippen molar-refractivity contribution in [1.29, 1.82) is 0 Å². The summed E-state index contributed by atoms with van der Waals surface area (Å²) in [6, 6.07) is 13.4. The van der Waals surface area contributed by atoms with E-state index in [0.717, 1.165) is 16.9 Å². The Bertz CT molecular complexity index is 994. The molecular weight excluding hydrogens is 344 g/mol. The number of pyridine rings is 1. The molecule has 0 unspecified atom stereocenters. The number of hydrogen-bond acceptors (Lipinski definition) is 5. The standard InChI is InChI=1S/C16H13ClN6S/c17-12-6-7-14-19-13(9-22(14)8-12)10-24-16-21-20-15(23(16)18)11-4-2-1-3-5-11/h1-9H,10,18H2. The average molecular weight is 357 g/mol. The van der Waals surface area contributed by atoms with Gasteiger partial charge in [0.05, 0.1) is 10.7 Å². The molecule has 0 amide bonds. The van der Waals surface area contributed by atoms with Crippen LogP contribution in [0.25, 0.3) is 17.0 Å². The van der Waals surface area contributed by atoms with Crippen LogP contribution in [0.3, 0.4) is 0 Å². The van der Waals surface area contributed by atoms with Crippen LogP contribution >= 0.6 is 23.4 Å². The summed E-state index contributed by atoms with van der Waals surface area (Å²) in [4.78, 5) is 4.55. The zero-order valence-electron chi connectivity index (χ0n) is 12.5. The number of benzene rings is 1. The molecule has 0 spiro atoms. The van der Waals surface area contributed by atoms with Gasteiger partial charge in [-0.3, -0.25) is 0 Å². The lowest BCUT2D eigenvalue weighted by Gasteiger charge is -2.02. The Labute approximate surface area is 147 Å². The van der Waals surface area contributed by atoms with E-state index in [9.17, 15) is 0 Å². The minimum Gasteiger partial charge on any atom is -0.335 e. The third kappa shape index (κ3) is 2.83. The van der Waals surface area contributed by atoms with E-state index in [2.05, 4.69) is 15.2 Å². The Morgan fingerprint density at radius 3 is 2.71 bits per heavy atom. The molecule has 3 aromatic heterocycles. The third-order valence-electron chi connectivity index (χ3n) is 3.51. The molecule has 1 aromatic carbocycles. The normalized spacial score (nSPS) is 11.2. The highest BCUT2D eigenvalue weighted by Crippen LogP contribution is 2.24. The minimum atomic E-state index is 0.639. The van der Waals surface area contributed by atoms with Gasteiger partial charge in [0.15, 0.2) is 5.82 Å². The molecule has 6 nitrogen and oxygen atoms in total. The van der Waals surface area contributed by atoms with E-state index in [1.165, 1.54) is 16.4 Å². The van der Waals surface area contributed by atoms with Gasteiger partial charge in [-0.05, 0) is 12.1 Å². The van der Waals surface area contributed by atoms with Crippen molar-refractivity contribution < 1.29 is 0 Å². The Balaban J connectivity index is 1.54. The highest BCUT2D eigenvalue weighted by atomic mass is 35.5. The summed E-state index contributed by atoms with van der Waals surface area (Å²) >= 11 is 7.48. The molecule has 120 valence electrons. The first-order valence-corrected chi connectivity index (χ1v) is 8.59. The summed E-state index contributed by atoms with van der Waals surface area (Å²) in [6.07, 6.45) is 3.78. The molecule has 0 saturated heterocycles. The molecule has 0 radical (unpaired) electrons. The second-order valence-corrected chi connectivity index (χ2v) is 6.55. The van der Waals surface area contributed by atoms with Gasteiger partial charge in [-0.15, -0.1) is 10.2 Å². The fourth-order valence-electron chi connectivity index (χ4n) is 2.38. The molecular formula is C16H13ClN6S. The van der Waals surface area contributed by atoms with Gasteiger partial charge >= 0.3 is 0 Å². The Morgan fingerprint density at radius 2 is 1.88 bits per heavy atom. The van der Waals surface area contributed by atoms with Gasteiger partial charge in [-0.25, -0.2) is 9.66 Å². The van der Waals surface area contributed by atoms with E-state index in [4.69, 9.17) is 17.4 Å². The molecule has 0 bridgehead atoms. The lowest BCUT2D eigenvalue weighted by molar-refractivity contribution is 0.849. The number of aromatic nitrogens is 5. The SMILES string of the molecule is Nn1c(SCc2cn3cc(Cl)ccc3n2)nnc1-c1ccccc1. The average Bonchev–Trinajstić information content (AvgIpc) is 3.16. The number of imidazole rings is 1. The summed E-state index contributed by atoms with van der Waals surface area (Å²) in [5.74, 6) is 7.40. The second kappa shape index (κ2) is 6.18. The summed E-state index contributed by atoms with van der Waals surface area (Å²) in [7, 11) is 0. The first kappa shape index (κ1) is 15.0. The predicted octanol–water partition coefficient (Wildman–Crippen LogP) is 3.25. The number of halogens is 1. The Kier molecular flexibility index (Phi) is 3.87. The molecule has 2 N–H and O–H groups in total. The van der Waals surface area contributed by atoms with Crippen LogP contribution in [0.4, 0.5) is 0 Å². The molecule has 0 aliphatic heterocycles. The first-order valence-electron chi connectivity index (χ1n) is 7.22. The molecule has 4 rings (SSSR count). The maximum absolute atomic E-state index is 6.12. The van der Waals surface area contributed by atoms with Crippen LogP contribution in [-0.2, 0) is 5.75 Å². The number of rotatable bonds is 4. The van der Waals surface area contributed by atoms with Gasteiger partial charge in [0.2, 0.25) is 5.16 Å². The zero-order chi connectivity index (χ0) is 16.5. The fourth-order valence-corrected chi connectivity index (χ4v) is 3.29. The van der Waals surface area contributed by atoms with Crippen molar-refractivity contribution >= 4 is 29.0 Å². The second-order valence-electron chi connectivity index (χ2n) is 5.18. The smallest absolute Gasteiger partial charge is 0.210 e. The number of hydrogen-bond donors (Lipinski definition) is 1. The van der Waals surface area contributed by atoms with Crippen LogP contribution in [0.5, 0.6) is 0 Å². The predicted molar refractivity (Wildman–Crippen MR) is 95.4 cm³/mol. The maximum atomic E-state index is 6.12. The lowest BCUT2D eigenvalue weighted by atomic mass is 10.2.